The first kappa shape index (κ1) is 13.4. The normalized spacial score (nSPS) is 20.8. The lowest BCUT2D eigenvalue weighted by Gasteiger charge is -2.23. The number of sulfone groups is 1. The SMILES string of the molecule is CS(=O)(=O)c1ccc(CC2CCCCN2)c(O)c1. The summed E-state index contributed by atoms with van der Waals surface area (Å²) in [5.41, 5.74) is 0.807. The fraction of sp³-hybridized carbons (Fsp3) is 0.538. The van der Waals surface area contributed by atoms with Gasteiger partial charge in [-0.2, -0.15) is 0 Å². The maximum atomic E-state index is 11.4. The zero-order chi connectivity index (χ0) is 13.2. The van der Waals surface area contributed by atoms with Crippen LogP contribution in [0, 0.1) is 0 Å². The van der Waals surface area contributed by atoms with E-state index < -0.39 is 9.84 Å². The van der Waals surface area contributed by atoms with Crippen molar-refractivity contribution in [1.29, 1.82) is 0 Å². The van der Waals surface area contributed by atoms with E-state index in [1.54, 1.807) is 12.1 Å². The lowest BCUT2D eigenvalue weighted by atomic mass is 9.97. The molecule has 1 aromatic carbocycles. The first-order valence-electron chi connectivity index (χ1n) is 6.22. The van der Waals surface area contributed by atoms with E-state index in [0.717, 1.165) is 31.2 Å². The third kappa shape index (κ3) is 3.23. The maximum absolute atomic E-state index is 11.4. The second kappa shape index (κ2) is 5.28. The average molecular weight is 269 g/mol. The second-order valence-corrected chi connectivity index (χ2v) is 6.93. The second-order valence-electron chi connectivity index (χ2n) is 4.91. The third-order valence-electron chi connectivity index (χ3n) is 3.36. The van der Waals surface area contributed by atoms with Crippen molar-refractivity contribution < 1.29 is 13.5 Å². The van der Waals surface area contributed by atoms with Gasteiger partial charge < -0.3 is 10.4 Å². The van der Waals surface area contributed by atoms with Crippen LogP contribution in [0.3, 0.4) is 0 Å². The summed E-state index contributed by atoms with van der Waals surface area (Å²) in [6, 6.07) is 5.00. The Balaban J connectivity index is 2.14. The van der Waals surface area contributed by atoms with Crippen LogP contribution in [0.25, 0.3) is 0 Å². The van der Waals surface area contributed by atoms with Crippen LogP contribution in [-0.4, -0.2) is 32.4 Å². The minimum absolute atomic E-state index is 0.0744. The van der Waals surface area contributed by atoms with Crippen molar-refractivity contribution in [3.63, 3.8) is 0 Å². The number of phenols is 1. The average Bonchev–Trinajstić information content (AvgIpc) is 2.32. The molecule has 2 rings (SSSR count). The van der Waals surface area contributed by atoms with Crippen molar-refractivity contribution >= 4 is 9.84 Å². The number of piperidine rings is 1. The number of hydrogen-bond acceptors (Lipinski definition) is 4. The largest absolute Gasteiger partial charge is 0.508 e. The molecule has 1 aromatic rings. The van der Waals surface area contributed by atoms with Gasteiger partial charge in [0.15, 0.2) is 9.84 Å². The zero-order valence-corrected chi connectivity index (χ0v) is 11.3. The summed E-state index contributed by atoms with van der Waals surface area (Å²) < 4.78 is 22.7. The van der Waals surface area contributed by atoms with E-state index in [-0.39, 0.29) is 10.6 Å². The molecule has 1 atom stereocenters. The van der Waals surface area contributed by atoms with Crippen LogP contribution in [0.5, 0.6) is 5.75 Å². The molecular weight excluding hydrogens is 250 g/mol. The monoisotopic (exact) mass is 269 g/mol. The molecule has 0 spiro atoms. The van der Waals surface area contributed by atoms with Gasteiger partial charge in [-0.1, -0.05) is 12.5 Å². The number of hydrogen-bond donors (Lipinski definition) is 2. The van der Waals surface area contributed by atoms with Gasteiger partial charge in [0.25, 0.3) is 0 Å². The van der Waals surface area contributed by atoms with Crippen LogP contribution in [0.2, 0.25) is 0 Å². The van der Waals surface area contributed by atoms with Crippen LogP contribution in [-0.2, 0) is 16.3 Å². The summed E-state index contributed by atoms with van der Waals surface area (Å²) in [5, 5.41) is 13.3. The Morgan fingerprint density at radius 3 is 2.72 bits per heavy atom. The highest BCUT2D eigenvalue weighted by molar-refractivity contribution is 7.90. The highest BCUT2D eigenvalue weighted by atomic mass is 32.2. The fourth-order valence-corrected chi connectivity index (χ4v) is 2.95. The predicted octanol–water partition coefficient (Wildman–Crippen LogP) is 1.48. The number of benzene rings is 1. The Kier molecular flexibility index (Phi) is 3.92. The molecule has 0 aliphatic carbocycles. The molecule has 1 unspecified atom stereocenters. The first-order chi connectivity index (χ1) is 8.47. The van der Waals surface area contributed by atoms with Crippen LogP contribution < -0.4 is 5.32 Å². The van der Waals surface area contributed by atoms with Crippen molar-refractivity contribution in [1.82, 2.24) is 5.32 Å². The molecule has 5 heteroatoms. The number of phenolic OH excluding ortho intramolecular Hbond substituents is 1. The summed E-state index contributed by atoms with van der Waals surface area (Å²) >= 11 is 0. The Labute approximate surface area is 108 Å². The van der Waals surface area contributed by atoms with E-state index in [9.17, 15) is 13.5 Å². The third-order valence-corrected chi connectivity index (χ3v) is 4.47. The minimum Gasteiger partial charge on any atom is -0.508 e. The van der Waals surface area contributed by atoms with Crippen molar-refractivity contribution in [2.24, 2.45) is 0 Å². The molecule has 1 aliphatic rings. The van der Waals surface area contributed by atoms with E-state index in [4.69, 9.17) is 0 Å². The van der Waals surface area contributed by atoms with Crippen molar-refractivity contribution in [2.75, 3.05) is 12.8 Å². The number of aromatic hydroxyl groups is 1. The molecule has 4 nitrogen and oxygen atoms in total. The first-order valence-corrected chi connectivity index (χ1v) is 8.11. The van der Waals surface area contributed by atoms with Crippen molar-refractivity contribution in [2.45, 2.75) is 36.6 Å². The minimum atomic E-state index is -3.25. The quantitative estimate of drug-likeness (QED) is 0.872. The van der Waals surface area contributed by atoms with Gasteiger partial charge in [-0.15, -0.1) is 0 Å². The number of rotatable bonds is 3. The van der Waals surface area contributed by atoms with Crippen LogP contribution in [0.15, 0.2) is 23.1 Å². The summed E-state index contributed by atoms with van der Waals surface area (Å²) in [5.74, 6) is 0.0744. The van der Waals surface area contributed by atoms with Gasteiger partial charge in [0.05, 0.1) is 4.90 Å². The van der Waals surface area contributed by atoms with E-state index in [1.165, 1.54) is 18.9 Å². The predicted molar refractivity (Wildman–Crippen MR) is 70.6 cm³/mol. The molecular formula is C13H19NO3S. The smallest absolute Gasteiger partial charge is 0.175 e. The summed E-state index contributed by atoms with van der Waals surface area (Å²) in [7, 11) is -3.25. The molecule has 0 aromatic heterocycles. The van der Waals surface area contributed by atoms with Gasteiger partial charge in [-0.05, 0) is 43.5 Å². The van der Waals surface area contributed by atoms with Gasteiger partial charge in [0, 0.05) is 12.3 Å². The summed E-state index contributed by atoms with van der Waals surface area (Å²) in [4.78, 5) is 0.167. The standard InChI is InChI=1S/C13H19NO3S/c1-18(16,17)12-6-5-10(13(15)9-12)8-11-4-2-3-7-14-11/h5-6,9,11,14-15H,2-4,7-8H2,1H3. The highest BCUT2D eigenvalue weighted by Gasteiger charge is 2.16. The van der Waals surface area contributed by atoms with E-state index >= 15 is 0 Å². The van der Waals surface area contributed by atoms with Gasteiger partial charge in [0.1, 0.15) is 5.75 Å². The Hall–Kier alpha value is -1.07. The fourth-order valence-electron chi connectivity index (χ4n) is 2.31. The molecule has 0 bridgehead atoms. The van der Waals surface area contributed by atoms with E-state index in [2.05, 4.69) is 5.32 Å². The molecule has 100 valence electrons. The van der Waals surface area contributed by atoms with Crippen LogP contribution >= 0.6 is 0 Å². The highest BCUT2D eigenvalue weighted by Crippen LogP contribution is 2.24. The van der Waals surface area contributed by atoms with E-state index in [0.29, 0.717) is 6.04 Å². The molecule has 1 heterocycles. The molecule has 0 saturated carbocycles. The molecule has 2 N–H and O–H groups in total. The van der Waals surface area contributed by atoms with Gasteiger partial charge in [-0.3, -0.25) is 0 Å². The molecule has 1 aliphatic heterocycles. The van der Waals surface area contributed by atoms with Gasteiger partial charge >= 0.3 is 0 Å². The van der Waals surface area contributed by atoms with Crippen LogP contribution in [0.1, 0.15) is 24.8 Å². The lowest BCUT2D eigenvalue weighted by molar-refractivity contribution is 0.391. The van der Waals surface area contributed by atoms with Crippen LogP contribution in [0.4, 0.5) is 0 Å². The topological polar surface area (TPSA) is 66.4 Å². The molecule has 1 fully saturated rings. The molecule has 0 radical (unpaired) electrons. The Bertz CT molecular complexity index is 519. The Morgan fingerprint density at radius 1 is 1.39 bits per heavy atom. The van der Waals surface area contributed by atoms with Crippen molar-refractivity contribution in [3.05, 3.63) is 23.8 Å². The molecule has 0 amide bonds. The molecule has 1 saturated heterocycles. The summed E-state index contributed by atoms with van der Waals surface area (Å²) in [6.45, 7) is 1.02. The number of nitrogens with one attached hydrogen (secondary N) is 1. The maximum Gasteiger partial charge on any atom is 0.175 e. The van der Waals surface area contributed by atoms with Gasteiger partial charge in [-0.25, -0.2) is 8.42 Å². The Morgan fingerprint density at radius 2 is 2.17 bits per heavy atom. The molecule has 18 heavy (non-hydrogen) atoms. The van der Waals surface area contributed by atoms with Crippen molar-refractivity contribution in [3.8, 4) is 5.75 Å². The zero-order valence-electron chi connectivity index (χ0n) is 10.5. The van der Waals surface area contributed by atoms with Gasteiger partial charge in [0.2, 0.25) is 0 Å². The lowest BCUT2D eigenvalue weighted by Crippen LogP contribution is -2.35. The van der Waals surface area contributed by atoms with E-state index in [1.807, 2.05) is 0 Å². The summed E-state index contributed by atoms with van der Waals surface area (Å²) in [6.07, 6.45) is 5.41.